The number of amides is 1. The van der Waals surface area contributed by atoms with E-state index in [9.17, 15) is 4.79 Å². The minimum absolute atomic E-state index is 0.00285. The van der Waals surface area contributed by atoms with Crippen LogP contribution in [-0.4, -0.2) is 36.1 Å². The molecule has 1 N–H and O–H groups in total. The van der Waals surface area contributed by atoms with Crippen LogP contribution in [0.2, 0.25) is 0 Å². The Morgan fingerprint density at radius 3 is 2.65 bits per heavy atom. The highest BCUT2D eigenvalue weighted by molar-refractivity contribution is 9.10. The first-order chi connectivity index (χ1) is 11.1. The average molecular weight is 379 g/mol. The normalized spacial score (nSPS) is 13.7. The van der Waals surface area contributed by atoms with Crippen LogP contribution in [-0.2, 0) is 6.54 Å². The fourth-order valence-electron chi connectivity index (χ4n) is 2.59. The van der Waals surface area contributed by atoms with Crippen LogP contribution in [0.1, 0.15) is 28.9 Å². The molecule has 5 nitrogen and oxygen atoms in total. The summed E-state index contributed by atoms with van der Waals surface area (Å²) in [5.41, 5.74) is 1.53. The van der Waals surface area contributed by atoms with E-state index >= 15 is 0 Å². The van der Waals surface area contributed by atoms with Gasteiger partial charge in [-0.15, -0.1) is 0 Å². The Labute approximate surface area is 143 Å². The largest absolute Gasteiger partial charge is 0.497 e. The average Bonchev–Trinajstić information content (AvgIpc) is 3.32. The van der Waals surface area contributed by atoms with E-state index in [0.29, 0.717) is 18.3 Å². The summed E-state index contributed by atoms with van der Waals surface area (Å²) < 4.78 is 11.6. The summed E-state index contributed by atoms with van der Waals surface area (Å²) >= 11 is 3.37. The van der Waals surface area contributed by atoms with Crippen molar-refractivity contribution in [1.82, 2.24) is 9.88 Å². The first-order valence-corrected chi connectivity index (χ1v) is 8.27. The number of aromatic nitrogens is 1. The number of hydrogen-bond acceptors (Lipinski definition) is 3. The van der Waals surface area contributed by atoms with E-state index in [-0.39, 0.29) is 5.91 Å². The molecule has 0 radical (unpaired) electrons. The third-order valence-corrected chi connectivity index (χ3v) is 4.41. The Bertz CT molecular complexity index is 710. The summed E-state index contributed by atoms with van der Waals surface area (Å²) in [7, 11) is 3.27. The van der Waals surface area contributed by atoms with Crippen LogP contribution < -0.4 is 9.47 Å². The Morgan fingerprint density at radius 1 is 1.30 bits per heavy atom. The molecule has 1 aromatic heterocycles. The van der Waals surface area contributed by atoms with Crippen LogP contribution in [0.4, 0.5) is 0 Å². The zero-order valence-electron chi connectivity index (χ0n) is 13.1. The second kappa shape index (κ2) is 6.66. The Hall–Kier alpha value is -1.95. The minimum atomic E-state index is 0.00285. The lowest BCUT2D eigenvalue weighted by Gasteiger charge is -2.23. The number of rotatable bonds is 6. The van der Waals surface area contributed by atoms with Crippen molar-refractivity contribution in [2.75, 3.05) is 14.2 Å². The second-order valence-corrected chi connectivity index (χ2v) is 6.49. The second-order valence-electron chi connectivity index (χ2n) is 5.57. The van der Waals surface area contributed by atoms with E-state index in [4.69, 9.17) is 9.47 Å². The summed E-state index contributed by atoms with van der Waals surface area (Å²) in [5.74, 6) is 1.52. The van der Waals surface area contributed by atoms with E-state index in [1.54, 1.807) is 26.5 Å². The molecule has 1 aliphatic rings. The number of carbonyl (C=O) groups excluding carboxylic acids is 1. The third kappa shape index (κ3) is 3.52. The molecular weight excluding hydrogens is 360 g/mol. The van der Waals surface area contributed by atoms with Gasteiger partial charge in [0.15, 0.2) is 0 Å². The van der Waals surface area contributed by atoms with Crippen LogP contribution in [0.5, 0.6) is 11.5 Å². The number of carbonyl (C=O) groups is 1. The smallest absolute Gasteiger partial charge is 0.270 e. The molecule has 1 heterocycles. The highest BCUT2D eigenvalue weighted by Crippen LogP contribution is 2.33. The van der Waals surface area contributed by atoms with Gasteiger partial charge in [-0.3, -0.25) is 4.79 Å². The first kappa shape index (κ1) is 15.9. The molecule has 0 spiro atoms. The number of nitrogens with zero attached hydrogens (tertiary/aromatic N) is 1. The molecule has 0 bridgehead atoms. The number of methoxy groups -OCH3 is 2. The van der Waals surface area contributed by atoms with Gasteiger partial charge in [0, 0.05) is 22.3 Å². The molecule has 23 heavy (non-hydrogen) atoms. The van der Waals surface area contributed by atoms with Crippen molar-refractivity contribution in [3.63, 3.8) is 0 Å². The highest BCUT2D eigenvalue weighted by Gasteiger charge is 2.34. The molecule has 1 saturated carbocycles. The van der Waals surface area contributed by atoms with Crippen molar-refractivity contribution in [1.29, 1.82) is 0 Å². The fourth-order valence-corrected chi connectivity index (χ4v) is 2.93. The molecule has 2 aromatic rings. The molecule has 0 atom stereocenters. The Balaban J connectivity index is 1.87. The predicted molar refractivity (Wildman–Crippen MR) is 90.9 cm³/mol. The van der Waals surface area contributed by atoms with Gasteiger partial charge in [0.05, 0.1) is 20.8 Å². The van der Waals surface area contributed by atoms with Crippen LogP contribution in [0.15, 0.2) is 34.9 Å². The monoisotopic (exact) mass is 378 g/mol. The molecule has 1 aromatic carbocycles. The van der Waals surface area contributed by atoms with E-state index in [1.165, 1.54) is 0 Å². The molecule has 1 aliphatic carbocycles. The van der Waals surface area contributed by atoms with Crippen molar-refractivity contribution < 1.29 is 14.3 Å². The maximum absolute atomic E-state index is 12.8. The minimum Gasteiger partial charge on any atom is -0.497 e. The van der Waals surface area contributed by atoms with E-state index in [2.05, 4.69) is 20.9 Å². The van der Waals surface area contributed by atoms with Crippen LogP contribution in [0.3, 0.4) is 0 Å². The van der Waals surface area contributed by atoms with Crippen molar-refractivity contribution in [2.45, 2.75) is 25.4 Å². The predicted octanol–water partition coefficient (Wildman–Crippen LogP) is 3.60. The van der Waals surface area contributed by atoms with Crippen LogP contribution >= 0.6 is 15.9 Å². The lowest BCUT2D eigenvalue weighted by atomic mass is 10.1. The molecular formula is C17H19BrN2O3. The summed E-state index contributed by atoms with van der Waals surface area (Å²) in [6, 6.07) is 7.75. The number of benzene rings is 1. The lowest BCUT2D eigenvalue weighted by molar-refractivity contribution is 0.0723. The van der Waals surface area contributed by atoms with Crippen molar-refractivity contribution in [3.05, 3.63) is 46.2 Å². The molecule has 0 unspecified atom stereocenters. The van der Waals surface area contributed by atoms with Gasteiger partial charge in [-0.2, -0.15) is 0 Å². The number of hydrogen-bond donors (Lipinski definition) is 1. The quantitative estimate of drug-likeness (QED) is 0.835. The van der Waals surface area contributed by atoms with Gasteiger partial charge >= 0.3 is 0 Å². The zero-order chi connectivity index (χ0) is 16.4. The highest BCUT2D eigenvalue weighted by atomic mass is 79.9. The third-order valence-electron chi connectivity index (χ3n) is 3.95. The Kier molecular flexibility index (Phi) is 4.61. The molecule has 1 fully saturated rings. The van der Waals surface area contributed by atoms with Crippen molar-refractivity contribution in [2.24, 2.45) is 0 Å². The van der Waals surface area contributed by atoms with E-state index in [0.717, 1.165) is 34.4 Å². The maximum atomic E-state index is 12.8. The van der Waals surface area contributed by atoms with Gasteiger partial charge in [0.2, 0.25) is 0 Å². The molecule has 3 rings (SSSR count). The molecule has 0 saturated heterocycles. The SMILES string of the molecule is COc1ccc(OC)c(CN(C(=O)c2cc(Br)c[nH]2)C2CC2)c1. The van der Waals surface area contributed by atoms with Gasteiger partial charge in [-0.25, -0.2) is 0 Å². The van der Waals surface area contributed by atoms with Gasteiger partial charge in [-0.1, -0.05) is 0 Å². The molecule has 0 aliphatic heterocycles. The topological polar surface area (TPSA) is 54.6 Å². The standard InChI is InChI=1S/C17H19BrN2O3/c1-22-14-5-6-16(23-2)11(7-14)10-20(13-3-4-13)17(21)15-8-12(18)9-19-15/h5-9,13,19H,3-4,10H2,1-2H3. The molecule has 6 heteroatoms. The fraction of sp³-hybridized carbons (Fsp3) is 0.353. The number of aromatic amines is 1. The Morgan fingerprint density at radius 2 is 2.09 bits per heavy atom. The van der Waals surface area contributed by atoms with Crippen molar-refractivity contribution in [3.8, 4) is 11.5 Å². The van der Waals surface area contributed by atoms with Gasteiger partial charge in [-0.05, 0) is 53.0 Å². The van der Waals surface area contributed by atoms with Crippen LogP contribution in [0, 0.1) is 0 Å². The van der Waals surface area contributed by atoms with E-state index in [1.807, 2.05) is 23.1 Å². The van der Waals surface area contributed by atoms with Gasteiger partial charge < -0.3 is 19.4 Å². The summed E-state index contributed by atoms with van der Waals surface area (Å²) in [6.07, 6.45) is 3.85. The number of halogens is 1. The zero-order valence-corrected chi connectivity index (χ0v) is 14.7. The summed E-state index contributed by atoms with van der Waals surface area (Å²) in [6.45, 7) is 0.501. The van der Waals surface area contributed by atoms with Gasteiger partial charge in [0.25, 0.3) is 5.91 Å². The lowest BCUT2D eigenvalue weighted by Crippen LogP contribution is -2.33. The van der Waals surface area contributed by atoms with E-state index < -0.39 is 0 Å². The molecule has 122 valence electrons. The number of H-pyrrole nitrogens is 1. The number of ether oxygens (including phenoxy) is 2. The number of nitrogens with one attached hydrogen (secondary N) is 1. The summed E-state index contributed by atoms with van der Waals surface area (Å²) in [5, 5.41) is 0. The first-order valence-electron chi connectivity index (χ1n) is 7.48. The molecule has 1 amide bonds. The maximum Gasteiger partial charge on any atom is 0.270 e. The van der Waals surface area contributed by atoms with Crippen LogP contribution in [0.25, 0.3) is 0 Å². The summed E-state index contributed by atoms with van der Waals surface area (Å²) in [4.78, 5) is 17.7. The van der Waals surface area contributed by atoms with Gasteiger partial charge in [0.1, 0.15) is 17.2 Å². The van der Waals surface area contributed by atoms with Crippen molar-refractivity contribution >= 4 is 21.8 Å².